The zero-order chi connectivity index (χ0) is 21.2. The van der Waals surface area contributed by atoms with Gasteiger partial charge in [-0.2, -0.15) is 0 Å². The fourth-order valence-electron chi connectivity index (χ4n) is 2.93. The Bertz CT molecular complexity index is 986. The molecular formula is C23H25ClN4O2. The second-order valence-corrected chi connectivity index (χ2v) is 7.06. The van der Waals surface area contributed by atoms with Gasteiger partial charge in [0.15, 0.2) is 5.96 Å². The topological polar surface area (TPSA) is 78.7 Å². The third-order valence-electron chi connectivity index (χ3n) is 4.52. The lowest BCUT2D eigenvalue weighted by atomic mass is 10.1. The summed E-state index contributed by atoms with van der Waals surface area (Å²) in [5, 5.41) is 10.2. The third kappa shape index (κ3) is 6.39. The van der Waals surface area contributed by atoms with Crippen LogP contribution in [0.25, 0.3) is 0 Å². The summed E-state index contributed by atoms with van der Waals surface area (Å²) in [4.78, 5) is 16.6. The summed E-state index contributed by atoms with van der Waals surface area (Å²) in [5.41, 5.74) is 2.67. The quantitative estimate of drug-likeness (QED) is 0.380. The molecule has 7 heteroatoms. The van der Waals surface area contributed by atoms with Crippen LogP contribution in [0.3, 0.4) is 0 Å². The molecule has 30 heavy (non-hydrogen) atoms. The number of carbonyl (C=O) groups excluding carboxylic acids is 1. The second-order valence-electron chi connectivity index (χ2n) is 6.66. The van der Waals surface area contributed by atoms with Crippen LogP contribution in [-0.4, -0.2) is 25.5 Å². The van der Waals surface area contributed by atoms with Crippen molar-refractivity contribution in [3.05, 3.63) is 94.4 Å². The van der Waals surface area contributed by atoms with Gasteiger partial charge in [0.05, 0.1) is 12.8 Å². The van der Waals surface area contributed by atoms with E-state index in [0.717, 1.165) is 22.6 Å². The number of rotatable bonds is 8. The molecule has 1 amide bonds. The van der Waals surface area contributed by atoms with Crippen LogP contribution in [0.1, 0.15) is 27.2 Å². The largest absolute Gasteiger partial charge is 0.467 e. The number of nitrogens with one attached hydrogen (secondary N) is 3. The summed E-state index contributed by atoms with van der Waals surface area (Å²) >= 11 is 6.19. The second kappa shape index (κ2) is 11.1. The molecule has 6 nitrogen and oxygen atoms in total. The van der Waals surface area contributed by atoms with Crippen LogP contribution in [0.15, 0.2) is 76.3 Å². The summed E-state index contributed by atoms with van der Waals surface area (Å²) in [6.07, 6.45) is 2.38. The first-order valence-electron chi connectivity index (χ1n) is 9.73. The summed E-state index contributed by atoms with van der Waals surface area (Å²) in [7, 11) is 1.73. The molecule has 0 atom stereocenters. The predicted octanol–water partition coefficient (Wildman–Crippen LogP) is 3.77. The van der Waals surface area contributed by atoms with Gasteiger partial charge in [0.2, 0.25) is 0 Å². The minimum absolute atomic E-state index is 0.143. The number of amides is 1. The van der Waals surface area contributed by atoms with Gasteiger partial charge in [0.1, 0.15) is 5.76 Å². The van der Waals surface area contributed by atoms with E-state index in [9.17, 15) is 4.79 Å². The summed E-state index contributed by atoms with van der Waals surface area (Å²) in [5.74, 6) is 1.26. The van der Waals surface area contributed by atoms with E-state index in [2.05, 4.69) is 20.9 Å². The van der Waals surface area contributed by atoms with E-state index in [1.54, 1.807) is 25.4 Å². The Balaban J connectivity index is 1.47. The minimum Gasteiger partial charge on any atom is -0.467 e. The van der Waals surface area contributed by atoms with Crippen molar-refractivity contribution in [2.75, 3.05) is 13.6 Å². The number of hydrogen-bond donors (Lipinski definition) is 3. The Morgan fingerprint density at radius 3 is 2.63 bits per heavy atom. The lowest BCUT2D eigenvalue weighted by molar-refractivity contribution is 0.0948. The molecule has 156 valence electrons. The molecule has 3 rings (SSSR count). The number of furan rings is 1. The first-order chi connectivity index (χ1) is 14.7. The van der Waals surface area contributed by atoms with Crippen molar-refractivity contribution >= 4 is 23.5 Å². The van der Waals surface area contributed by atoms with E-state index in [4.69, 9.17) is 16.0 Å². The molecule has 0 saturated carbocycles. The highest BCUT2D eigenvalue weighted by Gasteiger charge is 2.08. The zero-order valence-corrected chi connectivity index (χ0v) is 17.6. The van der Waals surface area contributed by atoms with Gasteiger partial charge in [0, 0.05) is 30.7 Å². The highest BCUT2D eigenvalue weighted by molar-refractivity contribution is 6.31. The van der Waals surface area contributed by atoms with E-state index in [1.807, 2.05) is 48.5 Å². The zero-order valence-electron chi connectivity index (χ0n) is 16.8. The smallest absolute Gasteiger partial charge is 0.251 e. The van der Waals surface area contributed by atoms with Gasteiger partial charge in [-0.1, -0.05) is 41.9 Å². The summed E-state index contributed by atoms with van der Waals surface area (Å²) in [6.45, 7) is 1.61. The maximum atomic E-state index is 12.4. The molecule has 0 spiro atoms. The summed E-state index contributed by atoms with van der Waals surface area (Å²) < 4.78 is 5.24. The maximum Gasteiger partial charge on any atom is 0.251 e. The van der Waals surface area contributed by atoms with Gasteiger partial charge in [-0.3, -0.25) is 9.79 Å². The molecular weight excluding hydrogens is 400 g/mol. The van der Waals surface area contributed by atoms with Crippen LogP contribution >= 0.6 is 11.6 Å². The number of aliphatic imine (C=N–C) groups is 1. The molecule has 0 aliphatic heterocycles. The molecule has 0 radical (unpaired) electrons. The normalized spacial score (nSPS) is 11.2. The molecule has 1 heterocycles. The molecule has 3 N–H and O–H groups in total. The number of carbonyl (C=O) groups is 1. The van der Waals surface area contributed by atoms with Crippen LogP contribution in [0, 0.1) is 0 Å². The fraction of sp³-hybridized carbons (Fsp3) is 0.217. The number of hydrogen-bond acceptors (Lipinski definition) is 3. The van der Waals surface area contributed by atoms with E-state index in [1.165, 1.54) is 0 Å². The first-order valence-corrected chi connectivity index (χ1v) is 10.1. The van der Waals surface area contributed by atoms with Gasteiger partial charge in [-0.05, 0) is 47.9 Å². The molecule has 0 saturated heterocycles. The molecule has 0 fully saturated rings. The van der Waals surface area contributed by atoms with Gasteiger partial charge in [0.25, 0.3) is 5.91 Å². The summed E-state index contributed by atoms with van der Waals surface area (Å²) in [6, 6.07) is 18.9. The lowest BCUT2D eigenvalue weighted by Crippen LogP contribution is -2.37. The number of halogens is 1. The molecule has 0 bridgehead atoms. The van der Waals surface area contributed by atoms with E-state index in [-0.39, 0.29) is 5.91 Å². The van der Waals surface area contributed by atoms with Crippen LogP contribution in [0.5, 0.6) is 0 Å². The van der Waals surface area contributed by atoms with E-state index in [0.29, 0.717) is 36.9 Å². The van der Waals surface area contributed by atoms with Crippen LogP contribution < -0.4 is 16.0 Å². The average Bonchev–Trinajstić information content (AvgIpc) is 3.29. The van der Waals surface area contributed by atoms with Gasteiger partial charge in [-0.25, -0.2) is 0 Å². The van der Waals surface area contributed by atoms with E-state index < -0.39 is 0 Å². The molecule has 0 aliphatic rings. The molecule has 3 aromatic rings. The predicted molar refractivity (Wildman–Crippen MR) is 120 cm³/mol. The fourth-order valence-corrected chi connectivity index (χ4v) is 3.16. The standard InChI is InChI=1S/C23H25ClN4O2/c1-25-23(26-12-11-18-7-2-3-10-21(18)24)28-15-17-6-4-8-19(14-17)22(29)27-16-20-9-5-13-30-20/h2-10,13-14H,11-12,15-16H2,1H3,(H,27,29)(H2,25,26,28). The Labute approximate surface area is 181 Å². The number of benzene rings is 2. The molecule has 0 aliphatic carbocycles. The molecule has 1 aromatic heterocycles. The van der Waals surface area contributed by atoms with Crippen LogP contribution in [-0.2, 0) is 19.5 Å². The number of nitrogens with zero attached hydrogens (tertiary/aromatic N) is 1. The Hall–Kier alpha value is -3.25. The Kier molecular flexibility index (Phi) is 7.92. The lowest BCUT2D eigenvalue weighted by Gasteiger charge is -2.13. The highest BCUT2D eigenvalue weighted by Crippen LogP contribution is 2.14. The SMILES string of the molecule is CN=C(NCCc1ccccc1Cl)NCc1cccc(C(=O)NCc2ccco2)c1. The third-order valence-corrected chi connectivity index (χ3v) is 4.89. The van der Waals surface area contributed by atoms with Gasteiger partial charge < -0.3 is 20.4 Å². The average molecular weight is 425 g/mol. The van der Waals surface area contributed by atoms with Crippen molar-refractivity contribution in [1.29, 1.82) is 0 Å². The molecule has 2 aromatic carbocycles. The van der Waals surface area contributed by atoms with Gasteiger partial charge in [-0.15, -0.1) is 0 Å². The van der Waals surface area contributed by atoms with Crippen molar-refractivity contribution in [1.82, 2.24) is 16.0 Å². The van der Waals surface area contributed by atoms with Crippen molar-refractivity contribution in [2.24, 2.45) is 4.99 Å². The highest BCUT2D eigenvalue weighted by atomic mass is 35.5. The van der Waals surface area contributed by atoms with Gasteiger partial charge >= 0.3 is 0 Å². The van der Waals surface area contributed by atoms with Crippen molar-refractivity contribution < 1.29 is 9.21 Å². The van der Waals surface area contributed by atoms with E-state index >= 15 is 0 Å². The Morgan fingerprint density at radius 2 is 1.87 bits per heavy atom. The Morgan fingerprint density at radius 1 is 1.00 bits per heavy atom. The number of guanidine groups is 1. The monoisotopic (exact) mass is 424 g/mol. The molecule has 0 unspecified atom stereocenters. The van der Waals surface area contributed by atoms with Crippen LogP contribution in [0.2, 0.25) is 5.02 Å². The van der Waals surface area contributed by atoms with Crippen molar-refractivity contribution in [2.45, 2.75) is 19.5 Å². The maximum absolute atomic E-state index is 12.4. The minimum atomic E-state index is -0.143. The van der Waals surface area contributed by atoms with Crippen molar-refractivity contribution in [3.8, 4) is 0 Å². The van der Waals surface area contributed by atoms with Crippen LogP contribution in [0.4, 0.5) is 0 Å². The first kappa shape index (κ1) is 21.5. The van der Waals surface area contributed by atoms with Crippen molar-refractivity contribution in [3.63, 3.8) is 0 Å².